The fourth-order valence-corrected chi connectivity index (χ4v) is 2.60. The van der Waals surface area contributed by atoms with Crippen molar-refractivity contribution < 1.29 is 19.1 Å². The zero-order chi connectivity index (χ0) is 17.1. The van der Waals surface area contributed by atoms with E-state index in [9.17, 15) is 9.59 Å². The summed E-state index contributed by atoms with van der Waals surface area (Å²) in [7, 11) is 0. The maximum absolute atomic E-state index is 12.4. The number of aromatic nitrogens is 1. The predicted octanol–water partition coefficient (Wildman–Crippen LogP) is 2.63. The number of fused-ring (bicyclic) bond motifs is 1. The Bertz CT molecular complexity index is 794. The molecule has 0 radical (unpaired) electrons. The Morgan fingerprint density at radius 3 is 3.00 bits per heavy atom. The normalized spacial score (nSPS) is 13.0. The average molecular weight is 347 g/mol. The molecule has 1 aliphatic heterocycles. The summed E-state index contributed by atoms with van der Waals surface area (Å²) < 4.78 is 10.6. The highest BCUT2D eigenvalue weighted by Gasteiger charge is 2.25. The number of esters is 1. The van der Waals surface area contributed by atoms with Gasteiger partial charge in [0.2, 0.25) is 0 Å². The Kier molecular flexibility index (Phi) is 4.66. The van der Waals surface area contributed by atoms with E-state index in [1.165, 1.54) is 12.3 Å². The highest BCUT2D eigenvalue weighted by atomic mass is 35.5. The number of anilines is 1. The maximum atomic E-state index is 12.4. The molecule has 3 rings (SSSR count). The Morgan fingerprint density at radius 1 is 1.38 bits per heavy atom. The highest BCUT2D eigenvalue weighted by Crippen LogP contribution is 2.32. The van der Waals surface area contributed by atoms with Crippen molar-refractivity contribution in [2.45, 2.75) is 6.92 Å². The van der Waals surface area contributed by atoms with Crippen molar-refractivity contribution in [1.82, 2.24) is 4.98 Å². The molecule has 6 nitrogen and oxygen atoms in total. The minimum atomic E-state index is -0.681. The van der Waals surface area contributed by atoms with Gasteiger partial charge in [-0.3, -0.25) is 4.79 Å². The second-order valence-corrected chi connectivity index (χ2v) is 5.64. The molecule has 124 valence electrons. The van der Waals surface area contributed by atoms with Crippen LogP contribution in [0.3, 0.4) is 0 Å². The largest absolute Gasteiger partial charge is 0.490 e. The van der Waals surface area contributed by atoms with Gasteiger partial charge >= 0.3 is 5.97 Å². The molecule has 0 fully saturated rings. The molecule has 2 heterocycles. The van der Waals surface area contributed by atoms with Crippen molar-refractivity contribution >= 4 is 29.2 Å². The van der Waals surface area contributed by atoms with Crippen LogP contribution in [-0.2, 0) is 9.53 Å². The Balaban J connectivity index is 1.70. The fraction of sp³-hybridized carbons (Fsp3) is 0.235. The fourth-order valence-electron chi connectivity index (χ4n) is 2.41. The highest BCUT2D eigenvalue weighted by molar-refractivity contribution is 6.32. The van der Waals surface area contributed by atoms with Crippen LogP contribution < -0.4 is 9.64 Å². The lowest BCUT2D eigenvalue weighted by molar-refractivity contribution is -0.121. The van der Waals surface area contributed by atoms with E-state index >= 15 is 0 Å². The van der Waals surface area contributed by atoms with Crippen molar-refractivity contribution in [3.63, 3.8) is 0 Å². The quantitative estimate of drug-likeness (QED) is 0.631. The number of rotatable bonds is 3. The average Bonchev–Trinajstić information content (AvgIpc) is 2.59. The maximum Gasteiger partial charge on any atom is 0.341 e. The van der Waals surface area contributed by atoms with Crippen LogP contribution in [0.15, 0.2) is 36.5 Å². The lowest BCUT2D eigenvalue weighted by Crippen LogP contribution is -2.40. The Labute approximate surface area is 144 Å². The Morgan fingerprint density at radius 2 is 2.21 bits per heavy atom. The van der Waals surface area contributed by atoms with Gasteiger partial charge in [0.25, 0.3) is 5.91 Å². The molecule has 0 unspecified atom stereocenters. The molecular formula is C17H15ClN2O4. The monoisotopic (exact) mass is 346 g/mol. The van der Waals surface area contributed by atoms with Crippen LogP contribution in [-0.4, -0.2) is 36.6 Å². The van der Waals surface area contributed by atoms with Gasteiger partial charge in [-0.25, -0.2) is 9.78 Å². The van der Waals surface area contributed by atoms with Crippen molar-refractivity contribution in [2.75, 3.05) is 24.7 Å². The molecule has 0 aliphatic carbocycles. The van der Waals surface area contributed by atoms with Gasteiger partial charge in [-0.2, -0.15) is 0 Å². The van der Waals surface area contributed by atoms with Crippen LogP contribution >= 0.6 is 11.6 Å². The molecule has 0 spiro atoms. The standard InChI is InChI=1S/C17H15ClN2O4/c1-11-4-5-14-13(9-11)20(7-8-23-14)15(21)10-24-17(22)12-3-2-6-19-16(12)18/h2-6,9H,7-8,10H2,1H3. The van der Waals surface area contributed by atoms with E-state index in [0.29, 0.717) is 24.6 Å². The predicted molar refractivity (Wildman–Crippen MR) is 88.6 cm³/mol. The van der Waals surface area contributed by atoms with Crippen molar-refractivity contribution in [1.29, 1.82) is 0 Å². The SMILES string of the molecule is Cc1ccc2c(c1)N(C(=O)COC(=O)c1cccnc1Cl)CCO2. The lowest BCUT2D eigenvalue weighted by Gasteiger charge is -2.29. The number of hydrogen-bond donors (Lipinski definition) is 0. The number of nitrogens with zero attached hydrogens (tertiary/aromatic N) is 2. The second-order valence-electron chi connectivity index (χ2n) is 5.28. The molecule has 0 saturated heterocycles. The van der Waals surface area contributed by atoms with Gasteiger partial charge in [-0.05, 0) is 36.8 Å². The minimum absolute atomic E-state index is 0.0438. The molecule has 1 amide bonds. The first kappa shape index (κ1) is 16.3. The first-order chi connectivity index (χ1) is 11.6. The number of aryl methyl sites for hydroxylation is 1. The van der Waals surface area contributed by atoms with E-state index in [1.54, 1.807) is 11.0 Å². The van der Waals surface area contributed by atoms with E-state index < -0.39 is 5.97 Å². The van der Waals surface area contributed by atoms with Gasteiger partial charge in [0.1, 0.15) is 17.5 Å². The summed E-state index contributed by atoms with van der Waals surface area (Å²) in [5.74, 6) is -0.362. The number of pyridine rings is 1. The molecule has 0 bridgehead atoms. The van der Waals surface area contributed by atoms with E-state index in [0.717, 1.165) is 5.56 Å². The van der Waals surface area contributed by atoms with E-state index in [2.05, 4.69) is 4.98 Å². The molecule has 0 N–H and O–H groups in total. The third-order valence-electron chi connectivity index (χ3n) is 3.58. The topological polar surface area (TPSA) is 68.7 Å². The smallest absolute Gasteiger partial charge is 0.341 e. The number of carbonyl (C=O) groups is 2. The van der Waals surface area contributed by atoms with Crippen LogP contribution in [0.2, 0.25) is 5.15 Å². The number of ether oxygens (including phenoxy) is 2. The van der Waals surface area contributed by atoms with Crippen LogP contribution in [0.1, 0.15) is 15.9 Å². The van der Waals surface area contributed by atoms with Crippen LogP contribution in [0.5, 0.6) is 5.75 Å². The van der Waals surface area contributed by atoms with Crippen molar-refractivity contribution in [3.8, 4) is 5.75 Å². The van der Waals surface area contributed by atoms with Crippen LogP contribution in [0.4, 0.5) is 5.69 Å². The second kappa shape index (κ2) is 6.88. The summed E-state index contributed by atoms with van der Waals surface area (Å²) >= 11 is 5.84. The molecule has 24 heavy (non-hydrogen) atoms. The van der Waals surface area contributed by atoms with Gasteiger partial charge in [0.15, 0.2) is 6.61 Å². The van der Waals surface area contributed by atoms with Gasteiger partial charge in [-0.1, -0.05) is 17.7 Å². The number of benzene rings is 1. The number of carbonyl (C=O) groups excluding carboxylic acids is 2. The lowest BCUT2D eigenvalue weighted by atomic mass is 10.1. The molecule has 0 atom stereocenters. The van der Waals surface area contributed by atoms with Gasteiger partial charge in [-0.15, -0.1) is 0 Å². The van der Waals surface area contributed by atoms with E-state index in [-0.39, 0.29) is 23.2 Å². The molecule has 7 heteroatoms. The van der Waals surface area contributed by atoms with Crippen molar-refractivity contribution in [2.24, 2.45) is 0 Å². The number of hydrogen-bond acceptors (Lipinski definition) is 5. The third-order valence-corrected chi connectivity index (χ3v) is 3.89. The van der Waals surface area contributed by atoms with Crippen LogP contribution in [0, 0.1) is 6.92 Å². The first-order valence-electron chi connectivity index (χ1n) is 7.38. The van der Waals surface area contributed by atoms with Crippen LogP contribution in [0.25, 0.3) is 0 Å². The zero-order valence-electron chi connectivity index (χ0n) is 13.0. The molecule has 1 aliphatic rings. The summed E-state index contributed by atoms with van der Waals surface area (Å²) in [6.45, 7) is 2.35. The first-order valence-corrected chi connectivity index (χ1v) is 7.75. The Hall–Kier alpha value is -2.60. The molecule has 0 saturated carbocycles. The summed E-state index contributed by atoms with van der Waals surface area (Å²) in [4.78, 5) is 29.8. The molecular weight excluding hydrogens is 332 g/mol. The minimum Gasteiger partial charge on any atom is -0.490 e. The summed E-state index contributed by atoms with van der Waals surface area (Å²) in [6, 6.07) is 8.68. The summed E-state index contributed by atoms with van der Waals surface area (Å²) in [5, 5.41) is 0.0438. The van der Waals surface area contributed by atoms with E-state index in [1.807, 2.05) is 25.1 Å². The van der Waals surface area contributed by atoms with Gasteiger partial charge < -0.3 is 14.4 Å². The third kappa shape index (κ3) is 3.33. The zero-order valence-corrected chi connectivity index (χ0v) is 13.7. The van der Waals surface area contributed by atoms with Gasteiger partial charge in [0.05, 0.1) is 17.8 Å². The van der Waals surface area contributed by atoms with E-state index in [4.69, 9.17) is 21.1 Å². The molecule has 1 aromatic heterocycles. The summed E-state index contributed by atoms with van der Waals surface area (Å²) in [6.07, 6.45) is 1.47. The number of amides is 1. The van der Waals surface area contributed by atoms with Gasteiger partial charge in [0, 0.05) is 6.20 Å². The number of halogens is 1. The molecule has 1 aromatic carbocycles. The van der Waals surface area contributed by atoms with Crippen molar-refractivity contribution in [3.05, 3.63) is 52.8 Å². The molecule has 2 aromatic rings. The summed E-state index contributed by atoms with van der Waals surface area (Å²) in [5.41, 5.74) is 1.82.